The van der Waals surface area contributed by atoms with Gasteiger partial charge in [-0.3, -0.25) is 0 Å². The summed E-state index contributed by atoms with van der Waals surface area (Å²) in [6.07, 6.45) is 0. The number of hydrogen-bond acceptors (Lipinski definition) is 1. The molecule has 1 rings (SSSR count). The van der Waals surface area contributed by atoms with Gasteiger partial charge in [-0.25, -0.2) is 4.79 Å². The van der Waals surface area contributed by atoms with Crippen molar-refractivity contribution in [3.05, 3.63) is 34.3 Å². The van der Waals surface area contributed by atoms with Gasteiger partial charge in [-0.05, 0) is 18.2 Å². The third-order valence-corrected chi connectivity index (χ3v) is 2.21. The van der Waals surface area contributed by atoms with Crippen LogP contribution in [-0.4, -0.2) is 22.8 Å². The molecule has 1 aromatic rings. The molecule has 0 aliphatic carbocycles. The predicted molar refractivity (Wildman–Crippen MR) is 62.5 cm³/mol. The first-order valence-electron chi connectivity index (χ1n) is 3.72. The van der Waals surface area contributed by atoms with E-state index in [2.05, 4.69) is 15.9 Å². The molecule has 5 heteroatoms. The number of alkyl halides is 2. The molecule has 2 nitrogen and oxygen atoms in total. The highest BCUT2D eigenvalue weighted by Gasteiger charge is 1.99. The second-order valence-corrected chi connectivity index (χ2v) is 3.87. The molecule has 0 aromatic heterocycles. The molecule has 0 aliphatic rings. The van der Waals surface area contributed by atoms with E-state index in [1.807, 2.05) is 0 Å². The Morgan fingerprint density at radius 1 is 1.36 bits per heavy atom. The van der Waals surface area contributed by atoms with E-state index in [4.69, 9.17) is 28.3 Å². The summed E-state index contributed by atoms with van der Waals surface area (Å²) in [5.74, 6) is 0.213. The van der Waals surface area contributed by atoms with E-state index < -0.39 is 5.97 Å². The maximum atomic E-state index is 10.3. The Bertz CT molecular complexity index is 290. The molecule has 0 radical (unpaired) electrons. The average Bonchev–Trinajstić information content (AvgIpc) is 2.18. The highest BCUT2D eigenvalue weighted by atomic mass is 79.9. The molecule has 0 aliphatic heterocycles. The lowest BCUT2D eigenvalue weighted by atomic mass is 10.2. The molecule has 0 saturated carbocycles. The summed E-state index contributed by atoms with van der Waals surface area (Å²) < 4.78 is 0.785. The molecule has 0 spiro atoms. The Kier molecular flexibility index (Phi) is 7.95. The van der Waals surface area contributed by atoms with Crippen LogP contribution in [0, 0.1) is 0 Å². The first-order chi connectivity index (χ1) is 6.61. The van der Waals surface area contributed by atoms with Gasteiger partial charge in [0, 0.05) is 16.2 Å². The number of rotatable bonds is 2. The van der Waals surface area contributed by atoms with Gasteiger partial charge in [-0.15, -0.1) is 23.2 Å². The van der Waals surface area contributed by atoms with Crippen LogP contribution in [0.5, 0.6) is 0 Å². The molecule has 0 atom stereocenters. The second-order valence-electron chi connectivity index (χ2n) is 2.19. The lowest BCUT2D eigenvalue weighted by Crippen LogP contribution is -1.94. The van der Waals surface area contributed by atoms with Crippen LogP contribution >= 0.6 is 39.1 Å². The van der Waals surface area contributed by atoms with E-state index in [1.165, 1.54) is 0 Å². The third kappa shape index (κ3) is 6.24. The van der Waals surface area contributed by atoms with Crippen molar-refractivity contribution >= 4 is 45.1 Å². The molecular weight excluding hydrogens is 291 g/mol. The van der Waals surface area contributed by atoms with Crippen LogP contribution < -0.4 is 0 Å². The number of benzene rings is 1. The third-order valence-electron chi connectivity index (χ3n) is 1.14. The topological polar surface area (TPSA) is 37.3 Å². The standard InChI is InChI=1S/C7H5BrO2.C2H4Cl2/c8-6-3-1-2-5(4-6)7(9)10;3-1-2-4/h1-4H,(H,9,10);1-2H2. The average molecular weight is 300 g/mol. The van der Waals surface area contributed by atoms with Crippen LogP contribution in [-0.2, 0) is 0 Å². The maximum Gasteiger partial charge on any atom is 0.335 e. The summed E-state index contributed by atoms with van der Waals surface area (Å²) in [6, 6.07) is 6.58. The molecule has 0 fully saturated rings. The molecule has 0 unspecified atom stereocenters. The fourth-order valence-electron chi connectivity index (χ4n) is 0.622. The lowest BCUT2D eigenvalue weighted by Gasteiger charge is -1.92. The van der Waals surface area contributed by atoms with Crippen LogP contribution in [0.1, 0.15) is 10.4 Å². The number of carboxylic acid groups (broad SMARTS) is 1. The van der Waals surface area contributed by atoms with Crippen molar-refractivity contribution in [1.82, 2.24) is 0 Å². The maximum absolute atomic E-state index is 10.3. The number of carboxylic acids is 1. The summed E-state index contributed by atoms with van der Waals surface area (Å²) in [5, 5.41) is 8.49. The molecule has 78 valence electrons. The van der Waals surface area contributed by atoms with Crippen molar-refractivity contribution in [2.75, 3.05) is 11.8 Å². The van der Waals surface area contributed by atoms with Crippen molar-refractivity contribution in [3.63, 3.8) is 0 Å². The molecule has 1 N–H and O–H groups in total. The zero-order valence-corrected chi connectivity index (χ0v) is 10.3. The van der Waals surface area contributed by atoms with Gasteiger partial charge in [-0.1, -0.05) is 22.0 Å². The Balaban J connectivity index is 0.000000364. The quantitative estimate of drug-likeness (QED) is 0.847. The van der Waals surface area contributed by atoms with Gasteiger partial charge in [0.15, 0.2) is 0 Å². The van der Waals surface area contributed by atoms with Crippen molar-refractivity contribution in [1.29, 1.82) is 0 Å². The van der Waals surface area contributed by atoms with Crippen molar-refractivity contribution < 1.29 is 9.90 Å². The Labute approximate surface area is 101 Å². The minimum atomic E-state index is -0.902. The largest absolute Gasteiger partial charge is 0.478 e. The Morgan fingerprint density at radius 3 is 2.21 bits per heavy atom. The monoisotopic (exact) mass is 298 g/mol. The van der Waals surface area contributed by atoms with Crippen LogP contribution in [0.2, 0.25) is 0 Å². The zero-order chi connectivity index (χ0) is 11.0. The number of halogens is 3. The van der Waals surface area contributed by atoms with E-state index in [-0.39, 0.29) is 0 Å². The summed E-state index contributed by atoms with van der Waals surface area (Å²) in [7, 11) is 0. The number of hydrogen-bond donors (Lipinski definition) is 1. The smallest absolute Gasteiger partial charge is 0.335 e. The predicted octanol–water partition coefficient (Wildman–Crippen LogP) is 3.61. The van der Waals surface area contributed by atoms with E-state index in [0.717, 1.165) is 4.47 Å². The van der Waals surface area contributed by atoms with E-state index >= 15 is 0 Å². The Morgan fingerprint density at radius 2 is 1.93 bits per heavy atom. The van der Waals surface area contributed by atoms with Crippen LogP contribution in [0.25, 0.3) is 0 Å². The van der Waals surface area contributed by atoms with Gasteiger partial charge in [0.05, 0.1) is 5.56 Å². The minimum absolute atomic E-state index is 0.300. The van der Waals surface area contributed by atoms with E-state index in [0.29, 0.717) is 17.3 Å². The van der Waals surface area contributed by atoms with Crippen molar-refractivity contribution in [3.8, 4) is 0 Å². The number of carbonyl (C=O) groups is 1. The van der Waals surface area contributed by atoms with Crippen LogP contribution in [0.3, 0.4) is 0 Å². The van der Waals surface area contributed by atoms with Gasteiger partial charge in [0.25, 0.3) is 0 Å². The van der Waals surface area contributed by atoms with Crippen molar-refractivity contribution in [2.45, 2.75) is 0 Å². The van der Waals surface area contributed by atoms with Crippen LogP contribution in [0.15, 0.2) is 28.7 Å². The van der Waals surface area contributed by atoms with Gasteiger partial charge < -0.3 is 5.11 Å². The molecule has 0 bridgehead atoms. The summed E-state index contributed by atoms with van der Waals surface area (Å²) in [4.78, 5) is 10.3. The molecule has 0 saturated heterocycles. The van der Waals surface area contributed by atoms with Gasteiger partial charge in [0.1, 0.15) is 0 Å². The highest BCUT2D eigenvalue weighted by Crippen LogP contribution is 2.10. The minimum Gasteiger partial charge on any atom is -0.478 e. The van der Waals surface area contributed by atoms with E-state index in [1.54, 1.807) is 24.3 Å². The summed E-state index contributed by atoms with van der Waals surface area (Å²) in [5.41, 5.74) is 0.300. The first-order valence-corrected chi connectivity index (χ1v) is 5.58. The van der Waals surface area contributed by atoms with E-state index in [9.17, 15) is 4.79 Å². The molecule has 0 heterocycles. The molecule has 14 heavy (non-hydrogen) atoms. The molecule has 0 amide bonds. The van der Waals surface area contributed by atoms with Gasteiger partial charge >= 0.3 is 5.97 Å². The summed E-state index contributed by atoms with van der Waals surface area (Å²) in [6.45, 7) is 0. The number of aromatic carboxylic acids is 1. The molecule has 1 aromatic carbocycles. The lowest BCUT2D eigenvalue weighted by molar-refractivity contribution is 0.0697. The van der Waals surface area contributed by atoms with Crippen LogP contribution in [0.4, 0.5) is 0 Å². The zero-order valence-electron chi connectivity index (χ0n) is 7.21. The second kappa shape index (κ2) is 8.09. The first kappa shape index (κ1) is 13.8. The van der Waals surface area contributed by atoms with Crippen molar-refractivity contribution in [2.24, 2.45) is 0 Å². The Hall–Kier alpha value is -0.250. The fraction of sp³-hybridized carbons (Fsp3) is 0.222. The highest BCUT2D eigenvalue weighted by molar-refractivity contribution is 9.10. The molecular formula is C9H9BrCl2O2. The normalized spacial score (nSPS) is 8.79. The van der Waals surface area contributed by atoms with Gasteiger partial charge in [0.2, 0.25) is 0 Å². The SMILES string of the molecule is ClCCCl.O=C(O)c1cccc(Br)c1. The summed E-state index contributed by atoms with van der Waals surface area (Å²) >= 11 is 13.3. The fourth-order valence-corrected chi connectivity index (χ4v) is 1.02. The van der Waals surface area contributed by atoms with Gasteiger partial charge in [-0.2, -0.15) is 0 Å².